The van der Waals surface area contributed by atoms with Crippen molar-refractivity contribution in [3.05, 3.63) is 63.1 Å². The lowest BCUT2D eigenvalue weighted by Crippen LogP contribution is -2.18. The molecule has 0 radical (unpaired) electrons. The predicted octanol–water partition coefficient (Wildman–Crippen LogP) is 3.77. The van der Waals surface area contributed by atoms with Crippen molar-refractivity contribution in [2.45, 2.75) is 6.92 Å². The second kappa shape index (κ2) is 6.61. The molecule has 0 fully saturated rings. The maximum absolute atomic E-state index is 11.9. The first-order valence-corrected chi connectivity index (χ1v) is 6.81. The van der Waals surface area contributed by atoms with Gasteiger partial charge in [0.1, 0.15) is 5.75 Å². The van der Waals surface area contributed by atoms with E-state index in [2.05, 4.69) is 10.5 Å². The molecule has 0 heterocycles. The SMILES string of the molecule is Cc1ccc(O)c(/C=N\NC(=O)c2ccc(Cl)cc2Cl)c1. The van der Waals surface area contributed by atoms with Gasteiger partial charge >= 0.3 is 0 Å². The molecule has 0 saturated carbocycles. The van der Waals surface area contributed by atoms with Crippen LogP contribution in [0, 0.1) is 6.92 Å². The summed E-state index contributed by atoms with van der Waals surface area (Å²) in [7, 11) is 0. The van der Waals surface area contributed by atoms with Gasteiger partial charge in [-0.15, -0.1) is 0 Å². The zero-order valence-corrected chi connectivity index (χ0v) is 12.6. The number of phenols is 1. The molecule has 0 aliphatic heterocycles. The van der Waals surface area contributed by atoms with Crippen LogP contribution in [-0.2, 0) is 0 Å². The molecule has 0 bridgehead atoms. The summed E-state index contributed by atoms with van der Waals surface area (Å²) in [4.78, 5) is 11.9. The van der Waals surface area contributed by atoms with Crippen molar-refractivity contribution in [3.63, 3.8) is 0 Å². The van der Waals surface area contributed by atoms with Crippen LogP contribution >= 0.6 is 23.2 Å². The lowest BCUT2D eigenvalue weighted by Gasteiger charge is -2.03. The van der Waals surface area contributed by atoms with E-state index in [1.165, 1.54) is 18.3 Å². The van der Waals surface area contributed by atoms with E-state index in [1.54, 1.807) is 24.3 Å². The van der Waals surface area contributed by atoms with E-state index >= 15 is 0 Å². The Bertz CT molecular complexity index is 715. The molecule has 6 heteroatoms. The average Bonchev–Trinajstić information content (AvgIpc) is 2.42. The van der Waals surface area contributed by atoms with Crippen molar-refractivity contribution < 1.29 is 9.90 Å². The number of carbonyl (C=O) groups is 1. The van der Waals surface area contributed by atoms with E-state index < -0.39 is 5.91 Å². The number of hydrogen-bond acceptors (Lipinski definition) is 3. The summed E-state index contributed by atoms with van der Waals surface area (Å²) in [6.07, 6.45) is 1.37. The van der Waals surface area contributed by atoms with Crippen molar-refractivity contribution in [2.75, 3.05) is 0 Å². The van der Waals surface area contributed by atoms with Crippen LogP contribution in [0.3, 0.4) is 0 Å². The van der Waals surface area contributed by atoms with Crippen molar-refractivity contribution in [2.24, 2.45) is 5.10 Å². The van der Waals surface area contributed by atoms with Crippen LogP contribution in [0.1, 0.15) is 21.5 Å². The quantitative estimate of drug-likeness (QED) is 0.667. The molecule has 2 rings (SSSR count). The molecule has 0 saturated heterocycles. The van der Waals surface area contributed by atoms with Crippen LogP contribution in [0.5, 0.6) is 5.75 Å². The van der Waals surface area contributed by atoms with E-state index in [1.807, 2.05) is 6.92 Å². The Morgan fingerprint density at radius 2 is 2.00 bits per heavy atom. The first-order chi connectivity index (χ1) is 9.97. The molecule has 21 heavy (non-hydrogen) atoms. The molecule has 108 valence electrons. The average molecular weight is 323 g/mol. The second-order valence-electron chi connectivity index (χ2n) is 4.39. The molecule has 0 aromatic heterocycles. The summed E-state index contributed by atoms with van der Waals surface area (Å²) in [5, 5.41) is 14.2. The van der Waals surface area contributed by atoms with E-state index in [0.29, 0.717) is 10.6 Å². The highest BCUT2D eigenvalue weighted by molar-refractivity contribution is 6.36. The van der Waals surface area contributed by atoms with Gasteiger partial charge in [0.05, 0.1) is 16.8 Å². The summed E-state index contributed by atoms with van der Waals surface area (Å²) in [6, 6.07) is 9.65. The fraction of sp³-hybridized carbons (Fsp3) is 0.0667. The summed E-state index contributed by atoms with van der Waals surface area (Å²) in [6.45, 7) is 1.89. The third-order valence-corrected chi connectivity index (χ3v) is 3.28. The van der Waals surface area contributed by atoms with Gasteiger partial charge < -0.3 is 5.11 Å². The van der Waals surface area contributed by atoms with Gasteiger partial charge in [-0.05, 0) is 37.3 Å². The Labute approximate surface area is 132 Å². The highest BCUT2D eigenvalue weighted by Gasteiger charge is 2.09. The summed E-state index contributed by atoms with van der Waals surface area (Å²) in [5.41, 5.74) is 4.10. The lowest BCUT2D eigenvalue weighted by molar-refractivity contribution is 0.0955. The number of phenolic OH excluding ortho intramolecular Hbond substituents is 1. The topological polar surface area (TPSA) is 61.7 Å². The minimum absolute atomic E-state index is 0.0862. The molecule has 2 N–H and O–H groups in total. The molecular weight excluding hydrogens is 311 g/mol. The third-order valence-electron chi connectivity index (χ3n) is 2.73. The molecule has 4 nitrogen and oxygen atoms in total. The molecule has 1 amide bonds. The number of hydrazone groups is 1. The van der Waals surface area contributed by atoms with Gasteiger partial charge in [0.15, 0.2) is 0 Å². The number of nitrogens with one attached hydrogen (secondary N) is 1. The van der Waals surface area contributed by atoms with Crippen LogP contribution in [0.15, 0.2) is 41.5 Å². The van der Waals surface area contributed by atoms with E-state index in [4.69, 9.17) is 23.2 Å². The highest BCUT2D eigenvalue weighted by Crippen LogP contribution is 2.21. The maximum atomic E-state index is 11.9. The van der Waals surface area contributed by atoms with Crippen LogP contribution in [0.4, 0.5) is 0 Å². The number of aromatic hydroxyl groups is 1. The summed E-state index contributed by atoms with van der Waals surface area (Å²) in [5.74, 6) is -0.372. The first kappa shape index (κ1) is 15.4. The van der Waals surface area contributed by atoms with Gasteiger partial charge in [0, 0.05) is 10.6 Å². The number of carbonyl (C=O) groups excluding carboxylic acids is 1. The lowest BCUT2D eigenvalue weighted by atomic mass is 10.1. The maximum Gasteiger partial charge on any atom is 0.272 e. The Balaban J connectivity index is 2.10. The van der Waals surface area contributed by atoms with Crippen LogP contribution < -0.4 is 5.43 Å². The molecule has 2 aromatic carbocycles. The number of benzene rings is 2. The van der Waals surface area contributed by atoms with Gasteiger partial charge in [0.2, 0.25) is 0 Å². The smallest absolute Gasteiger partial charge is 0.272 e. The van der Waals surface area contributed by atoms with Crippen molar-refractivity contribution in [3.8, 4) is 5.75 Å². The number of rotatable bonds is 3. The van der Waals surface area contributed by atoms with E-state index in [9.17, 15) is 9.90 Å². The number of aryl methyl sites for hydroxylation is 1. The second-order valence-corrected chi connectivity index (χ2v) is 5.23. The number of halogens is 2. The Kier molecular flexibility index (Phi) is 4.83. The van der Waals surface area contributed by atoms with Gasteiger partial charge in [-0.1, -0.05) is 34.8 Å². The Morgan fingerprint density at radius 1 is 1.24 bits per heavy atom. The van der Waals surface area contributed by atoms with Gasteiger partial charge in [-0.3, -0.25) is 4.79 Å². The monoisotopic (exact) mass is 322 g/mol. The van der Waals surface area contributed by atoms with Gasteiger partial charge in [0.25, 0.3) is 5.91 Å². The predicted molar refractivity (Wildman–Crippen MR) is 84.4 cm³/mol. The minimum atomic E-state index is -0.458. The molecule has 0 unspecified atom stereocenters. The van der Waals surface area contributed by atoms with Crippen LogP contribution in [0.2, 0.25) is 10.0 Å². The van der Waals surface area contributed by atoms with E-state index in [-0.39, 0.29) is 16.3 Å². The van der Waals surface area contributed by atoms with Crippen LogP contribution in [0.25, 0.3) is 0 Å². The number of hydrogen-bond donors (Lipinski definition) is 2. The normalized spacial score (nSPS) is 10.8. The number of nitrogens with zero attached hydrogens (tertiary/aromatic N) is 1. The van der Waals surface area contributed by atoms with Crippen molar-refractivity contribution >= 4 is 35.3 Å². The Hall–Kier alpha value is -2.04. The largest absolute Gasteiger partial charge is 0.507 e. The molecular formula is C15H12Cl2N2O2. The molecule has 0 atom stereocenters. The Morgan fingerprint density at radius 3 is 2.71 bits per heavy atom. The molecule has 0 aliphatic rings. The molecule has 0 aliphatic carbocycles. The first-order valence-electron chi connectivity index (χ1n) is 6.05. The zero-order valence-electron chi connectivity index (χ0n) is 11.1. The summed E-state index contributed by atoms with van der Waals surface area (Å²) >= 11 is 11.7. The minimum Gasteiger partial charge on any atom is -0.507 e. The fourth-order valence-corrected chi connectivity index (χ4v) is 2.17. The standard InChI is InChI=1S/C15H12Cl2N2O2/c1-9-2-5-14(20)10(6-9)8-18-19-15(21)12-4-3-11(16)7-13(12)17/h2-8,20H,1H3,(H,19,21)/b18-8-. The van der Waals surface area contributed by atoms with Crippen LogP contribution in [-0.4, -0.2) is 17.2 Å². The van der Waals surface area contributed by atoms with Gasteiger partial charge in [-0.2, -0.15) is 5.10 Å². The number of amides is 1. The zero-order chi connectivity index (χ0) is 15.4. The van der Waals surface area contributed by atoms with Gasteiger partial charge in [-0.25, -0.2) is 5.43 Å². The molecule has 0 spiro atoms. The third kappa shape index (κ3) is 3.97. The van der Waals surface area contributed by atoms with E-state index in [0.717, 1.165) is 5.56 Å². The van der Waals surface area contributed by atoms with Crippen molar-refractivity contribution in [1.29, 1.82) is 0 Å². The fourth-order valence-electron chi connectivity index (χ4n) is 1.67. The summed E-state index contributed by atoms with van der Waals surface area (Å²) < 4.78 is 0. The molecule has 2 aromatic rings. The van der Waals surface area contributed by atoms with Crippen molar-refractivity contribution in [1.82, 2.24) is 5.43 Å². The highest BCUT2D eigenvalue weighted by atomic mass is 35.5.